The number of aromatic amines is 1. The molecule has 0 amide bonds. The molecule has 38 heavy (non-hydrogen) atoms. The van der Waals surface area contributed by atoms with Crippen molar-refractivity contribution in [2.75, 3.05) is 6.61 Å². The second kappa shape index (κ2) is 10.7. The first kappa shape index (κ1) is 26.6. The molecule has 0 aliphatic carbocycles. The van der Waals surface area contributed by atoms with Crippen LogP contribution >= 0.6 is 28.6 Å². The highest BCUT2D eigenvalue weighted by Crippen LogP contribution is 2.45. The molecule has 12 nitrogen and oxygen atoms in total. The topological polar surface area (TPSA) is 157 Å². The van der Waals surface area contributed by atoms with Gasteiger partial charge >= 0.3 is 0 Å². The summed E-state index contributed by atoms with van der Waals surface area (Å²) in [6.45, 7) is -0.774. The Hall–Kier alpha value is -2.96. The number of nitrogens with zero attached hydrogens (tertiary/aromatic N) is 7. The second-order valence-corrected chi connectivity index (χ2v) is 9.72. The van der Waals surface area contributed by atoms with Gasteiger partial charge in [-0.15, -0.1) is 22.8 Å². The van der Waals surface area contributed by atoms with Crippen molar-refractivity contribution in [1.82, 2.24) is 40.6 Å². The van der Waals surface area contributed by atoms with Crippen LogP contribution in [0.15, 0.2) is 41.3 Å². The predicted octanol–water partition coefficient (Wildman–Crippen LogP) is 1.37. The number of aromatic nitrogens is 8. The van der Waals surface area contributed by atoms with E-state index in [9.17, 15) is 23.4 Å². The number of nitrogens with one attached hydrogen (secondary N) is 1. The van der Waals surface area contributed by atoms with Gasteiger partial charge < -0.3 is 19.7 Å². The summed E-state index contributed by atoms with van der Waals surface area (Å²) in [4.78, 5) is 4.20. The largest absolute Gasteiger partial charge is 0.394 e. The molecule has 0 bridgehead atoms. The number of thiol groups is 1. The average molecular weight is 615 g/mol. The molecule has 5 rings (SSSR count). The van der Waals surface area contributed by atoms with E-state index in [0.29, 0.717) is 10.0 Å². The molecule has 0 radical (unpaired) electrons. The van der Waals surface area contributed by atoms with E-state index in [1.165, 1.54) is 23.3 Å². The van der Waals surface area contributed by atoms with Crippen LogP contribution in [-0.4, -0.2) is 81.2 Å². The molecule has 1 saturated heterocycles. The van der Waals surface area contributed by atoms with Gasteiger partial charge in [0.2, 0.25) is 0 Å². The van der Waals surface area contributed by atoms with Gasteiger partial charge in [0.25, 0.3) is 0 Å². The number of tetrazole rings is 1. The minimum atomic E-state index is -1.72. The van der Waals surface area contributed by atoms with Gasteiger partial charge in [0.15, 0.2) is 23.3 Å². The van der Waals surface area contributed by atoms with Crippen molar-refractivity contribution in [1.29, 1.82) is 0 Å². The molecular formula is C21H18BrF3N8O4S. The zero-order valence-electron chi connectivity index (χ0n) is 19.0. The summed E-state index contributed by atoms with van der Waals surface area (Å²) < 4.78 is 55.1. The lowest BCUT2D eigenvalue weighted by atomic mass is 9.76. The van der Waals surface area contributed by atoms with Crippen LogP contribution in [0.25, 0.3) is 11.3 Å². The Bertz CT molecular complexity index is 1410. The van der Waals surface area contributed by atoms with Crippen LogP contribution in [0.1, 0.15) is 11.4 Å². The summed E-state index contributed by atoms with van der Waals surface area (Å²) in [5.74, 6) is -4.20. The number of hydrogen-bond acceptors (Lipinski definition) is 11. The summed E-state index contributed by atoms with van der Waals surface area (Å²) in [5.41, 5.74) is -2.58. The molecule has 1 fully saturated rings. The molecule has 5 atom stereocenters. The highest BCUT2D eigenvalue weighted by atomic mass is 79.9. The lowest BCUT2D eigenvalue weighted by Gasteiger charge is -2.51. The minimum absolute atomic E-state index is 0.0433. The molecule has 200 valence electrons. The summed E-state index contributed by atoms with van der Waals surface area (Å²) in [6, 6.07) is 3.17. The van der Waals surface area contributed by atoms with Crippen LogP contribution in [-0.2, 0) is 21.6 Å². The van der Waals surface area contributed by atoms with E-state index in [1.54, 1.807) is 6.07 Å². The molecule has 1 aliphatic heterocycles. The molecule has 0 unspecified atom stereocenters. The number of benzene rings is 1. The summed E-state index contributed by atoms with van der Waals surface area (Å²) in [5, 5.41) is 43.2. The fourth-order valence-electron chi connectivity index (χ4n) is 4.40. The van der Waals surface area contributed by atoms with Crippen LogP contribution in [0.4, 0.5) is 13.2 Å². The number of hydrogen-bond donors (Lipinski definition) is 4. The van der Waals surface area contributed by atoms with Gasteiger partial charge in [0, 0.05) is 28.0 Å². The maximum atomic E-state index is 14.0. The number of pyridine rings is 1. The number of rotatable bonds is 7. The van der Waals surface area contributed by atoms with Gasteiger partial charge in [0.05, 0.1) is 12.8 Å². The summed E-state index contributed by atoms with van der Waals surface area (Å²) in [6.07, 6.45) is 0.387. The molecule has 17 heteroatoms. The van der Waals surface area contributed by atoms with Gasteiger partial charge in [-0.25, -0.2) is 23.0 Å². The average Bonchev–Trinajstić information content (AvgIpc) is 3.60. The molecule has 4 aromatic rings. The van der Waals surface area contributed by atoms with Gasteiger partial charge in [-0.1, -0.05) is 5.21 Å². The lowest BCUT2D eigenvalue weighted by Crippen LogP contribution is -2.68. The summed E-state index contributed by atoms with van der Waals surface area (Å²) >= 11 is 7.90. The van der Waals surface area contributed by atoms with Crippen LogP contribution in [0.3, 0.4) is 0 Å². The molecule has 0 saturated carbocycles. The highest BCUT2D eigenvalue weighted by Gasteiger charge is 2.60. The maximum absolute atomic E-state index is 14.0. The zero-order chi connectivity index (χ0) is 27.0. The quantitative estimate of drug-likeness (QED) is 0.177. The second-order valence-electron chi connectivity index (χ2n) is 8.29. The van der Waals surface area contributed by atoms with Crippen molar-refractivity contribution in [2.24, 2.45) is 0 Å². The molecule has 1 aliphatic rings. The molecule has 3 N–H and O–H groups in total. The number of aliphatic hydroxyl groups is 2. The maximum Gasteiger partial charge on any atom is 0.194 e. The van der Waals surface area contributed by atoms with Crippen LogP contribution in [0.5, 0.6) is 0 Å². The first-order valence-electron chi connectivity index (χ1n) is 10.9. The minimum Gasteiger partial charge on any atom is -0.394 e. The van der Waals surface area contributed by atoms with Crippen molar-refractivity contribution in [3.8, 4) is 11.3 Å². The van der Waals surface area contributed by atoms with Crippen LogP contribution in [0.2, 0.25) is 0 Å². The lowest BCUT2D eigenvalue weighted by molar-refractivity contribution is -0.223. The van der Waals surface area contributed by atoms with Gasteiger partial charge in [0.1, 0.15) is 41.6 Å². The Morgan fingerprint density at radius 3 is 2.61 bits per heavy atom. The first-order valence-corrected chi connectivity index (χ1v) is 12.2. The van der Waals surface area contributed by atoms with Crippen molar-refractivity contribution >= 4 is 28.6 Å². The molecule has 4 heterocycles. The Balaban J connectivity index is 1.70. The third kappa shape index (κ3) is 4.58. The van der Waals surface area contributed by atoms with E-state index in [-0.39, 0.29) is 23.7 Å². The fraction of sp³-hybridized carbons (Fsp3) is 0.333. The third-order valence-corrected chi connectivity index (χ3v) is 6.92. The van der Waals surface area contributed by atoms with E-state index >= 15 is 0 Å². The Labute approximate surface area is 225 Å². The van der Waals surface area contributed by atoms with Gasteiger partial charge in [-0.3, -0.25) is 4.98 Å². The third-order valence-electron chi connectivity index (χ3n) is 6.10. The van der Waals surface area contributed by atoms with Crippen molar-refractivity contribution < 1.29 is 32.9 Å². The number of halogens is 4. The number of ether oxygens (including phenoxy) is 2. The molecular weight excluding hydrogens is 597 g/mol. The van der Waals surface area contributed by atoms with Gasteiger partial charge in [-0.2, -0.15) is 0 Å². The van der Waals surface area contributed by atoms with Crippen molar-refractivity contribution in [2.45, 2.75) is 35.9 Å². The Kier molecular flexibility index (Phi) is 7.47. The molecule has 3 aromatic heterocycles. The van der Waals surface area contributed by atoms with Crippen LogP contribution < -0.4 is 0 Å². The normalized spacial score (nSPS) is 25.6. The SMILES string of the molecule is OC[C@@H]1O[C@@H](S)[C@@H](OCc2nnn[nH]2)[C@](c2cncc(Br)c2)(n2cc(-c3cc(F)c(F)c(F)c3)nn2)[C@@H]1O. The zero-order valence-corrected chi connectivity index (χ0v) is 21.5. The van der Waals surface area contributed by atoms with E-state index in [1.807, 2.05) is 0 Å². The van der Waals surface area contributed by atoms with Gasteiger partial charge in [-0.05, 0) is 44.6 Å². The Morgan fingerprint density at radius 2 is 1.95 bits per heavy atom. The van der Waals surface area contributed by atoms with Crippen molar-refractivity contribution in [3.05, 3.63) is 70.1 Å². The summed E-state index contributed by atoms with van der Waals surface area (Å²) in [7, 11) is 0. The smallest absolute Gasteiger partial charge is 0.194 e. The monoisotopic (exact) mass is 614 g/mol. The molecule has 1 aromatic carbocycles. The van der Waals surface area contributed by atoms with E-state index in [4.69, 9.17) is 9.47 Å². The van der Waals surface area contributed by atoms with E-state index < -0.39 is 53.3 Å². The number of aliphatic hydroxyl groups excluding tert-OH is 2. The standard InChI is InChI=1S/C21H18BrF3N8O4S/c22-11-3-10(4-26-5-11)21(33-6-14(27-32-33)9-1-12(23)17(25)13(24)2-9)18(35)15(7-34)37-20(38)19(21)36-8-16-28-30-31-29-16/h1-6,15,18-20,34-35,38H,7-8H2,(H,28,29,30,31)/t15-,18+,19+,20-,21+/m0/s1. The molecule has 0 spiro atoms. The first-order chi connectivity index (χ1) is 18.2. The van der Waals surface area contributed by atoms with E-state index in [0.717, 1.165) is 12.1 Å². The number of H-pyrrole nitrogens is 1. The van der Waals surface area contributed by atoms with E-state index in [2.05, 4.69) is 64.5 Å². The fourth-order valence-corrected chi connectivity index (χ4v) is 5.23. The predicted molar refractivity (Wildman–Crippen MR) is 128 cm³/mol. The van der Waals surface area contributed by atoms with Crippen molar-refractivity contribution in [3.63, 3.8) is 0 Å². The highest BCUT2D eigenvalue weighted by molar-refractivity contribution is 9.10. The Morgan fingerprint density at radius 1 is 1.18 bits per heavy atom. The van der Waals surface area contributed by atoms with Crippen LogP contribution in [0, 0.1) is 17.5 Å².